The van der Waals surface area contributed by atoms with Gasteiger partial charge in [0.15, 0.2) is 0 Å². The van der Waals surface area contributed by atoms with Crippen molar-refractivity contribution in [3.8, 4) is 0 Å². The number of pyridine rings is 1. The fraction of sp³-hybridized carbons (Fsp3) is 0.333. The van der Waals surface area contributed by atoms with Gasteiger partial charge in [0, 0.05) is 13.2 Å². The van der Waals surface area contributed by atoms with Crippen LogP contribution in [0.5, 0.6) is 0 Å². The molecular weight excluding hydrogens is 218 g/mol. The highest BCUT2D eigenvalue weighted by Gasteiger charge is 2.09. The Morgan fingerprint density at radius 2 is 2.40 bits per heavy atom. The molecule has 0 atom stereocenters. The van der Waals surface area contributed by atoms with Crippen molar-refractivity contribution in [1.82, 2.24) is 10.3 Å². The number of nitrogens with two attached hydrogens (primary N) is 1. The normalized spacial score (nSPS) is 10.0. The number of halogens is 1. The molecule has 6 heteroatoms. The fourth-order valence-corrected chi connectivity index (χ4v) is 1.17. The molecule has 0 saturated heterocycles. The van der Waals surface area contributed by atoms with Gasteiger partial charge in [0.05, 0.1) is 17.4 Å². The van der Waals surface area contributed by atoms with E-state index in [1.54, 1.807) is 0 Å². The lowest BCUT2D eigenvalue weighted by Crippen LogP contribution is -2.26. The maximum Gasteiger partial charge on any atom is 0.253 e. The summed E-state index contributed by atoms with van der Waals surface area (Å²) in [6.45, 7) is 0.432. The van der Waals surface area contributed by atoms with Crippen LogP contribution in [-0.4, -0.2) is 29.1 Å². The summed E-state index contributed by atoms with van der Waals surface area (Å²) in [6.07, 6.45) is 1.84. The summed E-state index contributed by atoms with van der Waals surface area (Å²) in [6, 6.07) is 1.41. The number of carbonyl (C=O) groups is 1. The number of nitrogens with zero attached hydrogens (tertiary/aromatic N) is 1. The van der Waals surface area contributed by atoms with E-state index >= 15 is 0 Å². The average molecular weight is 230 g/mol. The lowest BCUT2D eigenvalue weighted by molar-refractivity contribution is 0.0952. The number of anilines is 1. The maximum atomic E-state index is 11.5. The Balaban J connectivity index is 2.68. The second-order valence-electron chi connectivity index (χ2n) is 2.93. The van der Waals surface area contributed by atoms with Crippen LogP contribution in [0.1, 0.15) is 16.8 Å². The van der Waals surface area contributed by atoms with Crippen molar-refractivity contribution < 1.29 is 9.90 Å². The molecule has 1 rings (SSSR count). The summed E-state index contributed by atoms with van der Waals surface area (Å²) in [7, 11) is 0. The van der Waals surface area contributed by atoms with Gasteiger partial charge in [-0.1, -0.05) is 11.6 Å². The number of rotatable bonds is 4. The van der Waals surface area contributed by atoms with Gasteiger partial charge in [-0.25, -0.2) is 4.98 Å². The molecule has 4 N–H and O–H groups in total. The van der Waals surface area contributed by atoms with Crippen molar-refractivity contribution in [2.75, 3.05) is 18.9 Å². The van der Waals surface area contributed by atoms with Crippen molar-refractivity contribution in [3.05, 3.63) is 23.0 Å². The van der Waals surface area contributed by atoms with Crippen LogP contribution in [0.4, 0.5) is 5.69 Å². The van der Waals surface area contributed by atoms with E-state index in [4.69, 9.17) is 22.4 Å². The maximum absolute atomic E-state index is 11.5. The minimum absolute atomic E-state index is 0.0346. The van der Waals surface area contributed by atoms with Crippen LogP contribution in [-0.2, 0) is 0 Å². The van der Waals surface area contributed by atoms with E-state index in [1.165, 1.54) is 12.3 Å². The monoisotopic (exact) mass is 229 g/mol. The highest BCUT2D eigenvalue weighted by Crippen LogP contribution is 2.14. The Labute approximate surface area is 92.3 Å². The van der Waals surface area contributed by atoms with E-state index in [0.29, 0.717) is 18.5 Å². The smallest absolute Gasteiger partial charge is 0.253 e. The van der Waals surface area contributed by atoms with Crippen molar-refractivity contribution in [2.45, 2.75) is 6.42 Å². The van der Waals surface area contributed by atoms with Crippen LogP contribution in [0.15, 0.2) is 12.3 Å². The van der Waals surface area contributed by atoms with Gasteiger partial charge < -0.3 is 16.2 Å². The van der Waals surface area contributed by atoms with Crippen molar-refractivity contribution in [3.63, 3.8) is 0 Å². The fourth-order valence-electron chi connectivity index (χ4n) is 1.01. The summed E-state index contributed by atoms with van der Waals surface area (Å²) in [5, 5.41) is 11.4. The Kier molecular flexibility index (Phi) is 4.33. The first kappa shape index (κ1) is 11.7. The topological polar surface area (TPSA) is 88.2 Å². The second-order valence-corrected chi connectivity index (χ2v) is 3.31. The largest absolute Gasteiger partial charge is 0.397 e. The SMILES string of the molecule is Nc1cnc(Cl)cc1C(=O)NCCCO. The summed E-state index contributed by atoms with van der Waals surface area (Å²) in [5.41, 5.74) is 6.14. The minimum Gasteiger partial charge on any atom is -0.397 e. The summed E-state index contributed by atoms with van der Waals surface area (Å²) in [5.74, 6) is -0.315. The molecule has 0 fully saturated rings. The average Bonchev–Trinajstić information content (AvgIpc) is 2.22. The van der Waals surface area contributed by atoms with E-state index < -0.39 is 0 Å². The Bertz CT molecular complexity index is 357. The molecule has 0 unspecified atom stereocenters. The van der Waals surface area contributed by atoms with Gasteiger partial charge in [-0.05, 0) is 12.5 Å². The molecule has 0 aliphatic heterocycles. The third-order valence-corrected chi connectivity index (χ3v) is 1.97. The van der Waals surface area contributed by atoms with Crippen molar-refractivity contribution in [1.29, 1.82) is 0 Å². The number of hydrogen-bond acceptors (Lipinski definition) is 4. The minimum atomic E-state index is -0.315. The first-order valence-corrected chi connectivity index (χ1v) is 4.83. The summed E-state index contributed by atoms with van der Waals surface area (Å²) >= 11 is 5.64. The highest BCUT2D eigenvalue weighted by molar-refractivity contribution is 6.29. The van der Waals surface area contributed by atoms with Gasteiger partial charge in [-0.2, -0.15) is 0 Å². The first-order valence-electron chi connectivity index (χ1n) is 4.45. The number of aliphatic hydroxyl groups is 1. The second kappa shape index (κ2) is 5.53. The Hall–Kier alpha value is -1.33. The zero-order valence-electron chi connectivity index (χ0n) is 8.03. The van der Waals surface area contributed by atoms with Crippen molar-refractivity contribution in [2.24, 2.45) is 0 Å². The molecule has 1 aromatic rings. The van der Waals surface area contributed by atoms with Crippen LogP contribution in [0.25, 0.3) is 0 Å². The molecule has 0 radical (unpaired) electrons. The number of nitrogen functional groups attached to an aromatic ring is 1. The molecule has 1 aromatic heterocycles. The lowest BCUT2D eigenvalue weighted by atomic mass is 10.2. The highest BCUT2D eigenvalue weighted by atomic mass is 35.5. The molecular formula is C9H12ClN3O2. The molecule has 1 heterocycles. The molecule has 15 heavy (non-hydrogen) atoms. The third kappa shape index (κ3) is 3.38. The number of nitrogens with one attached hydrogen (secondary N) is 1. The van der Waals surface area contributed by atoms with Crippen molar-refractivity contribution >= 4 is 23.2 Å². The van der Waals surface area contributed by atoms with E-state index in [0.717, 1.165) is 0 Å². The van der Waals surface area contributed by atoms with E-state index in [-0.39, 0.29) is 23.4 Å². The summed E-state index contributed by atoms with van der Waals surface area (Å²) in [4.78, 5) is 15.3. The number of carbonyl (C=O) groups excluding carboxylic acids is 1. The first-order chi connectivity index (χ1) is 7.15. The third-order valence-electron chi connectivity index (χ3n) is 1.77. The van der Waals surface area contributed by atoms with Gasteiger partial charge in [0.25, 0.3) is 5.91 Å². The predicted octanol–water partition coefficient (Wildman–Crippen LogP) is 0.429. The van der Waals surface area contributed by atoms with Crippen LogP contribution in [0, 0.1) is 0 Å². The Morgan fingerprint density at radius 3 is 3.07 bits per heavy atom. The standard InChI is InChI=1S/C9H12ClN3O2/c10-8-4-6(7(11)5-13-8)9(15)12-2-1-3-14/h4-5,14H,1-3,11H2,(H,12,15). The Morgan fingerprint density at radius 1 is 1.67 bits per heavy atom. The molecule has 0 spiro atoms. The molecule has 82 valence electrons. The quantitative estimate of drug-likeness (QED) is 0.516. The molecule has 0 aromatic carbocycles. The molecule has 0 aliphatic carbocycles. The van der Waals surface area contributed by atoms with E-state index in [2.05, 4.69) is 10.3 Å². The van der Waals surface area contributed by atoms with Crippen LogP contribution >= 0.6 is 11.6 Å². The number of amides is 1. The van der Waals surface area contributed by atoms with E-state index in [1.807, 2.05) is 0 Å². The van der Waals surface area contributed by atoms with Gasteiger partial charge in [0.2, 0.25) is 0 Å². The zero-order chi connectivity index (χ0) is 11.3. The van der Waals surface area contributed by atoms with Gasteiger partial charge in [0.1, 0.15) is 5.15 Å². The van der Waals surface area contributed by atoms with Gasteiger partial charge >= 0.3 is 0 Å². The van der Waals surface area contributed by atoms with Crippen LogP contribution in [0.2, 0.25) is 5.15 Å². The van der Waals surface area contributed by atoms with Gasteiger partial charge in [-0.15, -0.1) is 0 Å². The number of aromatic nitrogens is 1. The number of aliphatic hydroxyl groups excluding tert-OH is 1. The zero-order valence-corrected chi connectivity index (χ0v) is 8.79. The molecule has 1 amide bonds. The predicted molar refractivity (Wildman–Crippen MR) is 57.7 cm³/mol. The summed E-state index contributed by atoms with van der Waals surface area (Å²) < 4.78 is 0. The molecule has 0 bridgehead atoms. The van der Waals surface area contributed by atoms with Gasteiger partial charge in [-0.3, -0.25) is 4.79 Å². The lowest BCUT2D eigenvalue weighted by Gasteiger charge is -2.06. The van der Waals surface area contributed by atoms with Crippen LogP contribution in [0.3, 0.4) is 0 Å². The molecule has 0 aliphatic rings. The molecule has 5 nitrogen and oxygen atoms in total. The van der Waals surface area contributed by atoms with E-state index in [9.17, 15) is 4.79 Å². The van der Waals surface area contributed by atoms with Crippen LogP contribution < -0.4 is 11.1 Å². The molecule has 0 saturated carbocycles. The number of hydrogen-bond donors (Lipinski definition) is 3.